The minimum Gasteiger partial charge on any atom is -0.497 e. The van der Waals surface area contributed by atoms with Gasteiger partial charge in [0.2, 0.25) is 5.91 Å². The van der Waals surface area contributed by atoms with Crippen LogP contribution in [0.25, 0.3) is 0 Å². The summed E-state index contributed by atoms with van der Waals surface area (Å²) in [6.07, 6.45) is 8.20. The van der Waals surface area contributed by atoms with Gasteiger partial charge in [0.05, 0.1) is 19.7 Å². The average Bonchev–Trinajstić information content (AvgIpc) is 3.31. The molecule has 1 aliphatic heterocycles. The minimum atomic E-state index is 0.0369. The van der Waals surface area contributed by atoms with Crippen molar-refractivity contribution in [2.75, 3.05) is 7.11 Å². The number of nitrogens with zero attached hydrogens (tertiary/aromatic N) is 3. The molecule has 0 N–H and O–H groups in total. The molecule has 1 amide bonds. The fourth-order valence-electron chi connectivity index (χ4n) is 3.98. The lowest BCUT2D eigenvalue weighted by atomic mass is 9.99. The van der Waals surface area contributed by atoms with Gasteiger partial charge in [-0.05, 0) is 30.5 Å². The highest BCUT2D eigenvalue weighted by Crippen LogP contribution is 2.35. The predicted molar refractivity (Wildman–Crippen MR) is 90.5 cm³/mol. The molecule has 0 bridgehead atoms. The molecule has 2 aromatic rings. The highest BCUT2D eigenvalue weighted by Gasteiger charge is 2.35. The van der Waals surface area contributed by atoms with Crippen LogP contribution < -0.4 is 4.74 Å². The SMILES string of the molecule is COc1cccc([C@@H]2Cn3ccnc3CN2C(=O)C2CCCC2)c1. The van der Waals surface area contributed by atoms with Crippen LogP contribution in [-0.2, 0) is 17.9 Å². The van der Waals surface area contributed by atoms with E-state index in [0.717, 1.165) is 36.5 Å². The van der Waals surface area contributed by atoms with Gasteiger partial charge in [-0.2, -0.15) is 0 Å². The lowest BCUT2D eigenvalue weighted by Gasteiger charge is -2.38. The predicted octanol–water partition coefficient (Wildman–Crippen LogP) is 3.17. The van der Waals surface area contributed by atoms with Crippen molar-refractivity contribution in [3.05, 3.63) is 48.0 Å². The van der Waals surface area contributed by atoms with Crippen molar-refractivity contribution in [2.45, 2.75) is 44.8 Å². The number of amides is 1. The standard InChI is InChI=1S/C19H23N3O2/c1-24-16-8-4-7-15(11-16)17-12-21-10-9-20-18(21)13-22(17)19(23)14-5-2-3-6-14/h4,7-11,14,17H,2-3,5-6,12-13H2,1H3/t17-/m0/s1. The third-order valence-corrected chi connectivity index (χ3v) is 5.33. The van der Waals surface area contributed by atoms with Crippen molar-refractivity contribution in [1.82, 2.24) is 14.5 Å². The Morgan fingerprint density at radius 2 is 2.12 bits per heavy atom. The number of ether oxygens (including phenoxy) is 1. The first-order valence-electron chi connectivity index (χ1n) is 8.70. The maximum Gasteiger partial charge on any atom is 0.226 e. The lowest BCUT2D eigenvalue weighted by molar-refractivity contribution is -0.140. The van der Waals surface area contributed by atoms with E-state index in [2.05, 4.69) is 15.6 Å². The van der Waals surface area contributed by atoms with Gasteiger partial charge in [-0.15, -0.1) is 0 Å². The zero-order valence-electron chi connectivity index (χ0n) is 14.0. The molecule has 0 unspecified atom stereocenters. The van der Waals surface area contributed by atoms with Gasteiger partial charge in [0.15, 0.2) is 0 Å². The van der Waals surface area contributed by atoms with Crippen molar-refractivity contribution in [2.24, 2.45) is 5.92 Å². The molecule has 1 aliphatic carbocycles. The molecular formula is C19H23N3O2. The van der Waals surface area contributed by atoms with E-state index in [1.807, 2.05) is 35.5 Å². The summed E-state index contributed by atoms with van der Waals surface area (Å²) >= 11 is 0. The Morgan fingerprint density at radius 3 is 2.92 bits per heavy atom. The van der Waals surface area contributed by atoms with E-state index in [1.54, 1.807) is 7.11 Å². The Labute approximate surface area is 142 Å². The van der Waals surface area contributed by atoms with Crippen LogP contribution >= 0.6 is 0 Å². The summed E-state index contributed by atoms with van der Waals surface area (Å²) in [6, 6.07) is 8.11. The van der Waals surface area contributed by atoms with Crippen LogP contribution in [0.4, 0.5) is 0 Å². The first-order valence-corrected chi connectivity index (χ1v) is 8.70. The molecule has 4 rings (SSSR count). The molecule has 0 spiro atoms. The Kier molecular flexibility index (Phi) is 4.00. The second kappa shape index (κ2) is 6.30. The number of rotatable bonds is 3. The summed E-state index contributed by atoms with van der Waals surface area (Å²) < 4.78 is 7.53. The van der Waals surface area contributed by atoms with Gasteiger partial charge in [-0.25, -0.2) is 4.98 Å². The molecule has 1 aromatic heterocycles. The molecule has 126 valence electrons. The molecule has 2 aliphatic rings. The molecule has 1 atom stereocenters. The third kappa shape index (κ3) is 2.68. The number of benzene rings is 1. The number of carbonyl (C=O) groups excluding carboxylic acids is 1. The number of carbonyl (C=O) groups is 1. The van der Waals surface area contributed by atoms with Crippen LogP contribution in [0.1, 0.15) is 43.1 Å². The van der Waals surface area contributed by atoms with E-state index in [4.69, 9.17) is 4.74 Å². The minimum absolute atomic E-state index is 0.0369. The number of methoxy groups -OCH3 is 1. The smallest absolute Gasteiger partial charge is 0.226 e. The second-order valence-corrected chi connectivity index (χ2v) is 6.74. The van der Waals surface area contributed by atoms with Crippen LogP contribution in [0.2, 0.25) is 0 Å². The number of imidazole rings is 1. The fraction of sp³-hybridized carbons (Fsp3) is 0.474. The molecule has 5 heteroatoms. The first-order chi connectivity index (χ1) is 11.8. The van der Waals surface area contributed by atoms with Gasteiger partial charge in [0.1, 0.15) is 11.6 Å². The molecule has 1 fully saturated rings. The van der Waals surface area contributed by atoms with Gasteiger partial charge < -0.3 is 14.2 Å². The summed E-state index contributed by atoms with van der Waals surface area (Å²) in [5.74, 6) is 2.27. The highest BCUT2D eigenvalue weighted by molar-refractivity contribution is 5.79. The molecule has 1 aromatic carbocycles. The van der Waals surface area contributed by atoms with Crippen LogP contribution in [0.15, 0.2) is 36.7 Å². The van der Waals surface area contributed by atoms with Crippen LogP contribution in [0.5, 0.6) is 5.75 Å². The van der Waals surface area contributed by atoms with E-state index in [9.17, 15) is 4.79 Å². The summed E-state index contributed by atoms with van der Waals surface area (Å²) in [4.78, 5) is 19.6. The van der Waals surface area contributed by atoms with Gasteiger partial charge in [0, 0.05) is 24.9 Å². The topological polar surface area (TPSA) is 47.4 Å². The van der Waals surface area contributed by atoms with Gasteiger partial charge in [0.25, 0.3) is 0 Å². The first kappa shape index (κ1) is 15.2. The zero-order chi connectivity index (χ0) is 16.5. The largest absolute Gasteiger partial charge is 0.497 e. The Hall–Kier alpha value is -2.30. The van der Waals surface area contributed by atoms with Crippen molar-refractivity contribution in [3.63, 3.8) is 0 Å². The number of hydrogen-bond acceptors (Lipinski definition) is 3. The van der Waals surface area contributed by atoms with Crippen molar-refractivity contribution < 1.29 is 9.53 Å². The molecular weight excluding hydrogens is 302 g/mol. The summed E-state index contributed by atoms with van der Waals surface area (Å²) in [5, 5.41) is 0. The number of aromatic nitrogens is 2. The Morgan fingerprint density at radius 1 is 1.29 bits per heavy atom. The molecule has 24 heavy (non-hydrogen) atoms. The molecule has 5 nitrogen and oxygen atoms in total. The Bertz CT molecular complexity index is 734. The maximum atomic E-state index is 13.1. The second-order valence-electron chi connectivity index (χ2n) is 6.74. The van der Waals surface area contributed by atoms with E-state index < -0.39 is 0 Å². The van der Waals surface area contributed by atoms with E-state index in [0.29, 0.717) is 6.54 Å². The van der Waals surface area contributed by atoms with Crippen molar-refractivity contribution >= 4 is 5.91 Å². The van der Waals surface area contributed by atoms with E-state index in [-0.39, 0.29) is 17.9 Å². The molecule has 1 saturated carbocycles. The average molecular weight is 325 g/mol. The maximum absolute atomic E-state index is 13.1. The number of fused-ring (bicyclic) bond motifs is 1. The third-order valence-electron chi connectivity index (χ3n) is 5.33. The normalized spacial score (nSPS) is 20.9. The van der Waals surface area contributed by atoms with E-state index in [1.165, 1.54) is 12.8 Å². The van der Waals surface area contributed by atoms with Crippen LogP contribution in [0, 0.1) is 5.92 Å². The molecule has 0 radical (unpaired) electrons. The van der Waals surface area contributed by atoms with Crippen LogP contribution in [0.3, 0.4) is 0 Å². The van der Waals surface area contributed by atoms with Crippen molar-refractivity contribution in [3.8, 4) is 5.75 Å². The Balaban J connectivity index is 1.69. The van der Waals surface area contributed by atoms with Crippen LogP contribution in [-0.4, -0.2) is 27.5 Å². The zero-order valence-corrected chi connectivity index (χ0v) is 14.0. The van der Waals surface area contributed by atoms with Gasteiger partial charge in [-0.1, -0.05) is 25.0 Å². The molecule has 2 heterocycles. The van der Waals surface area contributed by atoms with E-state index >= 15 is 0 Å². The quantitative estimate of drug-likeness (QED) is 0.871. The monoisotopic (exact) mass is 325 g/mol. The van der Waals surface area contributed by atoms with Crippen molar-refractivity contribution in [1.29, 1.82) is 0 Å². The summed E-state index contributed by atoms with van der Waals surface area (Å²) in [7, 11) is 1.68. The van der Waals surface area contributed by atoms with Gasteiger partial charge >= 0.3 is 0 Å². The number of hydrogen-bond donors (Lipinski definition) is 0. The van der Waals surface area contributed by atoms with Gasteiger partial charge in [-0.3, -0.25) is 4.79 Å². The lowest BCUT2D eigenvalue weighted by Crippen LogP contribution is -2.43. The molecule has 0 saturated heterocycles. The highest BCUT2D eigenvalue weighted by atomic mass is 16.5. The fourth-order valence-corrected chi connectivity index (χ4v) is 3.98. The summed E-state index contributed by atoms with van der Waals surface area (Å²) in [5.41, 5.74) is 1.13. The summed E-state index contributed by atoms with van der Waals surface area (Å²) in [6.45, 7) is 1.34.